The normalized spacial score (nSPS) is 12.0. The molecule has 390 valence electrons. The molecule has 66 heavy (non-hydrogen) atoms. The van der Waals surface area contributed by atoms with Crippen LogP contribution >= 0.6 is 0 Å². The van der Waals surface area contributed by atoms with E-state index in [2.05, 4.69) is 32.9 Å². The second-order valence-electron chi connectivity index (χ2n) is 20.3. The van der Waals surface area contributed by atoms with Gasteiger partial charge in [0.1, 0.15) is 13.2 Å². The molecule has 0 aromatic rings. The van der Waals surface area contributed by atoms with Crippen LogP contribution < -0.4 is 0 Å². The van der Waals surface area contributed by atoms with E-state index in [0.717, 1.165) is 64.2 Å². The van der Waals surface area contributed by atoms with Crippen molar-refractivity contribution in [2.24, 2.45) is 0 Å². The van der Waals surface area contributed by atoms with Crippen LogP contribution in [0.25, 0.3) is 0 Å². The summed E-state index contributed by atoms with van der Waals surface area (Å²) in [6.45, 7) is 6.62. The Balaban J connectivity index is 4.02. The molecule has 0 aromatic heterocycles. The number of rotatable bonds is 55. The van der Waals surface area contributed by atoms with Crippen molar-refractivity contribution < 1.29 is 28.6 Å². The summed E-state index contributed by atoms with van der Waals surface area (Å²) in [5.41, 5.74) is 0. The number of unbranched alkanes of at least 4 members (excludes halogenated alkanes) is 42. The summed E-state index contributed by atoms with van der Waals surface area (Å²) in [6, 6.07) is 0. The van der Waals surface area contributed by atoms with Crippen LogP contribution in [0.1, 0.15) is 335 Å². The summed E-state index contributed by atoms with van der Waals surface area (Å²) in [6.07, 6.45) is 64.0. The Labute approximate surface area is 411 Å². The van der Waals surface area contributed by atoms with E-state index < -0.39 is 6.10 Å². The van der Waals surface area contributed by atoms with E-state index in [1.807, 2.05) is 0 Å². The molecule has 0 heterocycles. The molecule has 0 radical (unpaired) electrons. The molecule has 0 aliphatic carbocycles. The minimum absolute atomic E-state index is 0.0686. The molecule has 1 atom stereocenters. The van der Waals surface area contributed by atoms with Gasteiger partial charge >= 0.3 is 17.9 Å². The summed E-state index contributed by atoms with van der Waals surface area (Å²) in [4.78, 5) is 37.9. The van der Waals surface area contributed by atoms with Gasteiger partial charge in [-0.2, -0.15) is 0 Å². The summed E-state index contributed by atoms with van der Waals surface area (Å²) in [5.74, 6) is -0.866. The molecule has 0 saturated heterocycles. The molecule has 0 N–H and O–H groups in total. The topological polar surface area (TPSA) is 78.9 Å². The highest BCUT2D eigenvalue weighted by Gasteiger charge is 2.19. The van der Waals surface area contributed by atoms with Crippen LogP contribution in [0, 0.1) is 0 Å². The Morgan fingerprint density at radius 3 is 0.758 bits per heavy atom. The van der Waals surface area contributed by atoms with E-state index in [-0.39, 0.29) is 31.1 Å². The zero-order valence-electron chi connectivity index (χ0n) is 44.7. The molecular weight excluding hydrogens is 817 g/mol. The number of hydrogen-bond acceptors (Lipinski definition) is 6. The Morgan fingerprint density at radius 2 is 0.500 bits per heavy atom. The van der Waals surface area contributed by atoms with Crippen molar-refractivity contribution in [3.63, 3.8) is 0 Å². The number of ether oxygens (including phenoxy) is 3. The maximum atomic E-state index is 12.8. The molecule has 0 spiro atoms. The van der Waals surface area contributed by atoms with Gasteiger partial charge in [0, 0.05) is 19.3 Å². The Bertz CT molecular complexity index is 1020. The third-order valence-electron chi connectivity index (χ3n) is 13.5. The zero-order valence-corrected chi connectivity index (χ0v) is 44.7. The summed E-state index contributed by atoms with van der Waals surface area (Å²) >= 11 is 0. The molecular formula is C60H114O6. The fraction of sp³-hybridized carbons (Fsp3) is 0.917. The maximum absolute atomic E-state index is 12.8. The lowest BCUT2D eigenvalue weighted by molar-refractivity contribution is -0.167. The van der Waals surface area contributed by atoms with Crippen molar-refractivity contribution in [2.45, 2.75) is 341 Å². The lowest BCUT2D eigenvalue weighted by Gasteiger charge is -2.18. The van der Waals surface area contributed by atoms with Gasteiger partial charge in [-0.3, -0.25) is 14.4 Å². The highest BCUT2D eigenvalue weighted by molar-refractivity contribution is 5.71. The SMILES string of the molecule is CCCCCCCCC/C=C\CCCCCCCC(=O)OC(COC(=O)CCCCCCCC)COC(=O)CCCCCCCCCCCCCCCCCCCCCCCCCCCC. The van der Waals surface area contributed by atoms with Gasteiger partial charge in [-0.15, -0.1) is 0 Å². The first-order chi connectivity index (χ1) is 32.5. The van der Waals surface area contributed by atoms with Gasteiger partial charge in [0.15, 0.2) is 6.10 Å². The molecule has 1 unspecified atom stereocenters. The van der Waals surface area contributed by atoms with Crippen molar-refractivity contribution in [1.29, 1.82) is 0 Å². The molecule has 0 aliphatic rings. The monoisotopic (exact) mass is 931 g/mol. The van der Waals surface area contributed by atoms with Crippen LogP contribution in [0.2, 0.25) is 0 Å². The quantitative estimate of drug-likeness (QED) is 0.0262. The van der Waals surface area contributed by atoms with Crippen molar-refractivity contribution >= 4 is 17.9 Å². The van der Waals surface area contributed by atoms with Crippen LogP contribution in [0.5, 0.6) is 0 Å². The van der Waals surface area contributed by atoms with E-state index in [4.69, 9.17) is 14.2 Å². The van der Waals surface area contributed by atoms with Gasteiger partial charge in [-0.25, -0.2) is 0 Å². The fourth-order valence-corrected chi connectivity index (χ4v) is 9.03. The minimum Gasteiger partial charge on any atom is -0.462 e. The number of hydrogen-bond donors (Lipinski definition) is 0. The summed E-state index contributed by atoms with van der Waals surface area (Å²) < 4.78 is 16.8. The molecule has 0 aliphatic heterocycles. The molecule has 6 nitrogen and oxygen atoms in total. The maximum Gasteiger partial charge on any atom is 0.306 e. The molecule has 0 saturated carbocycles. The highest BCUT2D eigenvalue weighted by atomic mass is 16.6. The Kier molecular flexibility index (Phi) is 54.2. The van der Waals surface area contributed by atoms with Crippen LogP contribution in [0.3, 0.4) is 0 Å². The van der Waals surface area contributed by atoms with E-state index in [1.165, 1.54) is 231 Å². The van der Waals surface area contributed by atoms with Gasteiger partial charge in [0.25, 0.3) is 0 Å². The van der Waals surface area contributed by atoms with Gasteiger partial charge in [-0.1, -0.05) is 283 Å². The lowest BCUT2D eigenvalue weighted by Crippen LogP contribution is -2.30. The van der Waals surface area contributed by atoms with Gasteiger partial charge < -0.3 is 14.2 Å². The predicted octanol–water partition coefficient (Wildman–Crippen LogP) is 19.7. The predicted molar refractivity (Wildman–Crippen MR) is 284 cm³/mol. The number of esters is 3. The van der Waals surface area contributed by atoms with Gasteiger partial charge in [-0.05, 0) is 44.9 Å². The van der Waals surface area contributed by atoms with Crippen LogP contribution in [0.15, 0.2) is 12.2 Å². The molecule has 0 rings (SSSR count). The molecule has 6 heteroatoms. The number of carbonyl (C=O) groups is 3. The van der Waals surface area contributed by atoms with Gasteiger partial charge in [0.05, 0.1) is 0 Å². The molecule has 0 aromatic carbocycles. The van der Waals surface area contributed by atoms with E-state index in [9.17, 15) is 14.4 Å². The smallest absolute Gasteiger partial charge is 0.306 e. The standard InChI is InChI=1S/C60H114O6/c1-4-7-10-13-16-18-20-22-24-26-27-28-29-30-31-32-33-34-35-37-38-40-42-44-47-50-53-59(62)65-56-57(55-64-58(61)52-49-46-15-12-9-6-3)66-60(63)54-51-48-45-43-41-39-36-25-23-21-19-17-14-11-8-5-2/h25,36,57H,4-24,26-35,37-56H2,1-3H3/b36-25-. The third kappa shape index (κ3) is 53.1. The first-order valence-corrected chi connectivity index (χ1v) is 29.7. The Hall–Kier alpha value is -1.85. The highest BCUT2D eigenvalue weighted by Crippen LogP contribution is 2.18. The van der Waals surface area contributed by atoms with E-state index in [1.54, 1.807) is 0 Å². The molecule has 0 amide bonds. The second kappa shape index (κ2) is 55.7. The van der Waals surface area contributed by atoms with Crippen LogP contribution in [-0.4, -0.2) is 37.2 Å². The largest absolute Gasteiger partial charge is 0.462 e. The molecule has 0 fully saturated rings. The fourth-order valence-electron chi connectivity index (χ4n) is 9.03. The van der Waals surface area contributed by atoms with Crippen molar-refractivity contribution in [1.82, 2.24) is 0 Å². The van der Waals surface area contributed by atoms with Crippen LogP contribution in [0.4, 0.5) is 0 Å². The number of carbonyl (C=O) groups excluding carboxylic acids is 3. The number of allylic oxidation sites excluding steroid dienone is 2. The van der Waals surface area contributed by atoms with Crippen molar-refractivity contribution in [2.75, 3.05) is 13.2 Å². The zero-order chi connectivity index (χ0) is 47.9. The third-order valence-corrected chi connectivity index (χ3v) is 13.5. The van der Waals surface area contributed by atoms with E-state index in [0.29, 0.717) is 19.3 Å². The van der Waals surface area contributed by atoms with Crippen molar-refractivity contribution in [3.8, 4) is 0 Å². The Morgan fingerprint density at radius 1 is 0.288 bits per heavy atom. The second-order valence-corrected chi connectivity index (χ2v) is 20.3. The molecule has 0 bridgehead atoms. The van der Waals surface area contributed by atoms with Crippen molar-refractivity contribution in [3.05, 3.63) is 12.2 Å². The first kappa shape index (κ1) is 64.2. The van der Waals surface area contributed by atoms with Crippen LogP contribution in [-0.2, 0) is 28.6 Å². The van der Waals surface area contributed by atoms with E-state index >= 15 is 0 Å². The first-order valence-electron chi connectivity index (χ1n) is 29.7. The summed E-state index contributed by atoms with van der Waals surface area (Å²) in [5, 5.41) is 0. The average molecular weight is 932 g/mol. The van der Waals surface area contributed by atoms with Gasteiger partial charge in [0.2, 0.25) is 0 Å². The summed E-state index contributed by atoms with van der Waals surface area (Å²) in [7, 11) is 0. The minimum atomic E-state index is -0.767. The average Bonchev–Trinajstić information content (AvgIpc) is 3.31. The lowest BCUT2D eigenvalue weighted by atomic mass is 10.0.